The second kappa shape index (κ2) is 12.9. The van der Waals surface area contributed by atoms with Crippen LogP contribution in [0.25, 0.3) is 0 Å². The first-order valence-electron chi connectivity index (χ1n) is 6.90. The van der Waals surface area contributed by atoms with Gasteiger partial charge in [0.2, 0.25) is 0 Å². The monoisotopic (exact) mass is 230 g/mol. The predicted octanol–water partition coefficient (Wildman–Crippen LogP) is 2.04. The highest BCUT2D eigenvalue weighted by Gasteiger charge is 2.02. The van der Waals surface area contributed by atoms with Crippen molar-refractivity contribution in [3.05, 3.63) is 0 Å². The zero-order valence-electron chi connectivity index (χ0n) is 10.9. The van der Waals surface area contributed by atoms with Gasteiger partial charge in [-0.05, 0) is 6.42 Å². The van der Waals surface area contributed by atoms with Crippen LogP contribution in [0.15, 0.2) is 0 Å². The Bertz CT molecular complexity index is 131. The largest absolute Gasteiger partial charge is 0.392 e. The zero-order valence-corrected chi connectivity index (χ0v) is 10.9. The van der Waals surface area contributed by atoms with Gasteiger partial charge in [0.25, 0.3) is 0 Å². The quantitative estimate of drug-likeness (QED) is 0.450. The van der Waals surface area contributed by atoms with E-state index in [9.17, 15) is 5.11 Å². The molecule has 3 nitrogen and oxygen atoms in total. The molecule has 0 bridgehead atoms. The number of hydrogen-bond acceptors (Lipinski definition) is 3. The number of rotatable bonds is 12. The first-order chi connectivity index (χ1) is 7.81. The highest BCUT2D eigenvalue weighted by Crippen LogP contribution is 2.09. The van der Waals surface area contributed by atoms with Gasteiger partial charge in [-0.3, -0.25) is 0 Å². The van der Waals surface area contributed by atoms with Gasteiger partial charge in [0.1, 0.15) is 0 Å². The molecule has 0 aliphatic rings. The van der Waals surface area contributed by atoms with Crippen LogP contribution in [-0.2, 0) is 0 Å². The van der Waals surface area contributed by atoms with Crippen molar-refractivity contribution in [3.8, 4) is 0 Å². The minimum atomic E-state index is -0.192. The molecule has 0 rings (SSSR count). The van der Waals surface area contributed by atoms with Crippen molar-refractivity contribution in [1.82, 2.24) is 5.32 Å². The van der Waals surface area contributed by atoms with Gasteiger partial charge in [-0.1, -0.05) is 51.9 Å². The SMILES string of the molecule is CCCCCCCCCC(O)CNCCN. The minimum Gasteiger partial charge on any atom is -0.392 e. The van der Waals surface area contributed by atoms with Crippen molar-refractivity contribution in [2.75, 3.05) is 19.6 Å². The molecule has 0 radical (unpaired) electrons. The van der Waals surface area contributed by atoms with Crippen molar-refractivity contribution < 1.29 is 5.11 Å². The zero-order chi connectivity index (χ0) is 12.1. The second-order valence-electron chi connectivity index (χ2n) is 4.56. The molecular formula is C13H30N2O. The summed E-state index contributed by atoms with van der Waals surface area (Å²) >= 11 is 0. The Labute approximate surface area is 101 Å². The third kappa shape index (κ3) is 12.0. The summed E-state index contributed by atoms with van der Waals surface area (Å²) < 4.78 is 0. The summed E-state index contributed by atoms with van der Waals surface area (Å²) in [6.07, 6.45) is 9.87. The summed E-state index contributed by atoms with van der Waals surface area (Å²) in [7, 11) is 0. The van der Waals surface area contributed by atoms with Gasteiger partial charge in [0.05, 0.1) is 6.10 Å². The van der Waals surface area contributed by atoms with E-state index in [1.807, 2.05) is 0 Å². The maximum Gasteiger partial charge on any atom is 0.0664 e. The Balaban J connectivity index is 3.06. The van der Waals surface area contributed by atoms with E-state index in [-0.39, 0.29) is 6.10 Å². The van der Waals surface area contributed by atoms with E-state index >= 15 is 0 Å². The minimum absolute atomic E-state index is 0.192. The third-order valence-corrected chi connectivity index (χ3v) is 2.84. The van der Waals surface area contributed by atoms with Crippen LogP contribution in [0.3, 0.4) is 0 Å². The standard InChI is InChI=1S/C13H30N2O/c1-2-3-4-5-6-7-8-9-13(16)12-15-11-10-14/h13,15-16H,2-12,14H2,1H3. The summed E-state index contributed by atoms with van der Waals surface area (Å²) in [5.41, 5.74) is 5.35. The summed E-state index contributed by atoms with van der Waals surface area (Å²) in [4.78, 5) is 0. The van der Waals surface area contributed by atoms with Crippen LogP contribution in [0.5, 0.6) is 0 Å². The van der Waals surface area contributed by atoms with Gasteiger partial charge >= 0.3 is 0 Å². The molecule has 0 aromatic heterocycles. The van der Waals surface area contributed by atoms with Gasteiger partial charge in [-0.25, -0.2) is 0 Å². The smallest absolute Gasteiger partial charge is 0.0664 e. The summed E-state index contributed by atoms with van der Waals surface area (Å²) in [5.74, 6) is 0. The first kappa shape index (κ1) is 15.9. The molecular weight excluding hydrogens is 200 g/mol. The van der Waals surface area contributed by atoms with Crippen molar-refractivity contribution >= 4 is 0 Å². The average Bonchev–Trinajstić information content (AvgIpc) is 2.28. The van der Waals surface area contributed by atoms with Crippen molar-refractivity contribution in [2.45, 2.75) is 64.4 Å². The van der Waals surface area contributed by atoms with Crippen LogP contribution in [0.2, 0.25) is 0 Å². The summed E-state index contributed by atoms with van der Waals surface area (Å²) in [6.45, 7) is 4.37. The van der Waals surface area contributed by atoms with Gasteiger partial charge in [-0.2, -0.15) is 0 Å². The average molecular weight is 230 g/mol. The van der Waals surface area contributed by atoms with Crippen LogP contribution in [0.1, 0.15) is 58.3 Å². The molecule has 0 spiro atoms. The first-order valence-corrected chi connectivity index (χ1v) is 6.90. The Hall–Kier alpha value is -0.120. The van der Waals surface area contributed by atoms with Gasteiger partial charge < -0.3 is 16.2 Å². The van der Waals surface area contributed by atoms with E-state index in [1.54, 1.807) is 0 Å². The molecule has 0 aliphatic heterocycles. The van der Waals surface area contributed by atoms with Crippen LogP contribution < -0.4 is 11.1 Å². The summed E-state index contributed by atoms with van der Waals surface area (Å²) in [5, 5.41) is 12.7. The molecule has 1 atom stereocenters. The summed E-state index contributed by atoms with van der Waals surface area (Å²) in [6, 6.07) is 0. The maximum atomic E-state index is 9.61. The molecule has 0 heterocycles. The van der Waals surface area contributed by atoms with Crippen molar-refractivity contribution in [2.24, 2.45) is 5.73 Å². The molecule has 98 valence electrons. The van der Waals surface area contributed by atoms with Gasteiger partial charge in [0, 0.05) is 19.6 Å². The number of nitrogens with one attached hydrogen (secondary N) is 1. The second-order valence-corrected chi connectivity index (χ2v) is 4.56. The molecule has 0 fully saturated rings. The van der Waals surface area contributed by atoms with Gasteiger partial charge in [-0.15, -0.1) is 0 Å². The van der Waals surface area contributed by atoms with E-state index in [4.69, 9.17) is 5.73 Å². The maximum absolute atomic E-state index is 9.61. The predicted molar refractivity (Wildman–Crippen MR) is 70.5 cm³/mol. The van der Waals surface area contributed by atoms with Gasteiger partial charge in [0.15, 0.2) is 0 Å². The van der Waals surface area contributed by atoms with E-state index < -0.39 is 0 Å². The third-order valence-electron chi connectivity index (χ3n) is 2.84. The normalized spacial score (nSPS) is 12.9. The molecule has 1 unspecified atom stereocenters. The lowest BCUT2D eigenvalue weighted by Gasteiger charge is -2.10. The highest BCUT2D eigenvalue weighted by atomic mass is 16.3. The molecule has 0 saturated carbocycles. The van der Waals surface area contributed by atoms with Crippen LogP contribution in [0, 0.1) is 0 Å². The molecule has 0 aliphatic carbocycles. The lowest BCUT2D eigenvalue weighted by Crippen LogP contribution is -2.30. The van der Waals surface area contributed by atoms with Crippen LogP contribution >= 0.6 is 0 Å². The lowest BCUT2D eigenvalue weighted by atomic mass is 10.1. The molecule has 0 amide bonds. The number of nitrogens with two attached hydrogens (primary N) is 1. The van der Waals surface area contributed by atoms with Crippen molar-refractivity contribution in [1.29, 1.82) is 0 Å². The fourth-order valence-corrected chi connectivity index (χ4v) is 1.81. The van der Waals surface area contributed by atoms with E-state index in [2.05, 4.69) is 12.2 Å². The van der Waals surface area contributed by atoms with Crippen LogP contribution in [-0.4, -0.2) is 30.8 Å². The molecule has 16 heavy (non-hydrogen) atoms. The Morgan fingerprint density at radius 1 is 1.06 bits per heavy atom. The number of aliphatic hydroxyl groups is 1. The fraction of sp³-hybridized carbons (Fsp3) is 1.00. The molecule has 0 saturated heterocycles. The number of aliphatic hydroxyl groups excluding tert-OH is 1. The molecule has 0 aromatic rings. The molecule has 4 N–H and O–H groups in total. The number of hydrogen-bond donors (Lipinski definition) is 3. The Morgan fingerprint density at radius 2 is 1.69 bits per heavy atom. The lowest BCUT2D eigenvalue weighted by molar-refractivity contribution is 0.158. The highest BCUT2D eigenvalue weighted by molar-refractivity contribution is 4.60. The fourth-order valence-electron chi connectivity index (χ4n) is 1.81. The van der Waals surface area contributed by atoms with Crippen LogP contribution in [0.4, 0.5) is 0 Å². The molecule has 0 aromatic carbocycles. The Kier molecular flexibility index (Phi) is 12.9. The van der Waals surface area contributed by atoms with E-state index in [0.717, 1.165) is 19.4 Å². The topological polar surface area (TPSA) is 58.3 Å². The number of unbranched alkanes of at least 4 members (excludes halogenated alkanes) is 6. The molecule has 3 heteroatoms. The van der Waals surface area contributed by atoms with E-state index in [1.165, 1.54) is 38.5 Å². The van der Waals surface area contributed by atoms with Crippen molar-refractivity contribution in [3.63, 3.8) is 0 Å². The van der Waals surface area contributed by atoms with E-state index in [0.29, 0.717) is 13.1 Å². The Morgan fingerprint density at radius 3 is 2.31 bits per heavy atom.